The van der Waals surface area contributed by atoms with Gasteiger partial charge in [-0.25, -0.2) is 0 Å². The molecule has 1 heterocycles. The van der Waals surface area contributed by atoms with Crippen molar-refractivity contribution in [1.82, 2.24) is 9.78 Å². The average molecular weight is 262 g/mol. The number of aromatic nitrogens is 2. The fraction of sp³-hybridized carbons (Fsp3) is 0.727. The third-order valence-corrected chi connectivity index (χ3v) is 4.00. The third-order valence-electron chi connectivity index (χ3n) is 2.49. The van der Waals surface area contributed by atoms with Crippen LogP contribution in [0.15, 0.2) is 0 Å². The summed E-state index contributed by atoms with van der Waals surface area (Å²) in [4.78, 5) is 0. The van der Waals surface area contributed by atoms with E-state index in [0.717, 1.165) is 40.8 Å². The zero-order valence-corrected chi connectivity index (χ0v) is 11.7. The lowest BCUT2D eigenvalue weighted by atomic mass is 10.2. The van der Waals surface area contributed by atoms with Gasteiger partial charge in [-0.1, -0.05) is 25.4 Å². The predicted molar refractivity (Wildman–Crippen MR) is 72.3 cm³/mol. The molecule has 0 radical (unpaired) electrons. The number of thioether (sulfide) groups is 1. The Labute approximate surface area is 107 Å². The fourth-order valence-electron chi connectivity index (χ4n) is 1.62. The smallest absolute Gasteiger partial charge is 0.0850 e. The van der Waals surface area contributed by atoms with Crippen LogP contribution in [-0.2, 0) is 19.9 Å². The summed E-state index contributed by atoms with van der Waals surface area (Å²) in [5.74, 6) is 2.08. The highest BCUT2D eigenvalue weighted by molar-refractivity contribution is 7.99. The molecule has 1 rings (SSSR count). The highest BCUT2D eigenvalue weighted by Crippen LogP contribution is 2.22. The first-order valence-corrected chi connectivity index (χ1v) is 7.16. The van der Waals surface area contributed by atoms with Crippen LogP contribution in [0.5, 0.6) is 0 Å². The first-order valence-electron chi connectivity index (χ1n) is 5.63. The number of rotatable bonds is 6. The standard InChI is InChI=1S/C11H20ClN3S/c1-4-9-11(12)10(15(3)14-9)6-8(13)7-16-5-2/h8H,4-7,13H2,1-3H3. The fourth-order valence-corrected chi connectivity index (χ4v) is 2.65. The Hall–Kier alpha value is -0.190. The molecule has 0 fully saturated rings. The molecule has 0 saturated heterocycles. The van der Waals surface area contributed by atoms with E-state index in [1.165, 1.54) is 0 Å². The molecule has 0 bridgehead atoms. The summed E-state index contributed by atoms with van der Waals surface area (Å²) in [7, 11) is 1.93. The van der Waals surface area contributed by atoms with Crippen LogP contribution in [0.3, 0.4) is 0 Å². The van der Waals surface area contributed by atoms with Gasteiger partial charge in [0.15, 0.2) is 0 Å². The van der Waals surface area contributed by atoms with Crippen molar-refractivity contribution in [2.45, 2.75) is 32.7 Å². The lowest BCUT2D eigenvalue weighted by Gasteiger charge is -2.11. The minimum absolute atomic E-state index is 0.155. The second-order valence-electron chi connectivity index (χ2n) is 3.81. The molecule has 1 aromatic heterocycles. The Bertz CT molecular complexity index is 338. The van der Waals surface area contributed by atoms with Gasteiger partial charge in [0.05, 0.1) is 16.4 Å². The van der Waals surface area contributed by atoms with Gasteiger partial charge in [0, 0.05) is 25.3 Å². The van der Waals surface area contributed by atoms with Gasteiger partial charge in [-0.05, 0) is 12.2 Å². The molecule has 1 unspecified atom stereocenters. The Balaban J connectivity index is 2.69. The van der Waals surface area contributed by atoms with Gasteiger partial charge in [0.25, 0.3) is 0 Å². The topological polar surface area (TPSA) is 43.8 Å². The van der Waals surface area contributed by atoms with Crippen molar-refractivity contribution < 1.29 is 0 Å². The van der Waals surface area contributed by atoms with Gasteiger partial charge in [0.1, 0.15) is 0 Å². The molecule has 16 heavy (non-hydrogen) atoms. The molecule has 0 amide bonds. The number of aryl methyl sites for hydroxylation is 2. The average Bonchev–Trinajstić information content (AvgIpc) is 2.53. The van der Waals surface area contributed by atoms with Crippen LogP contribution >= 0.6 is 23.4 Å². The van der Waals surface area contributed by atoms with Crippen molar-refractivity contribution in [3.63, 3.8) is 0 Å². The second-order valence-corrected chi connectivity index (χ2v) is 5.51. The summed E-state index contributed by atoms with van der Waals surface area (Å²) in [6.07, 6.45) is 1.67. The molecule has 0 aliphatic carbocycles. The number of nitrogens with two attached hydrogens (primary N) is 1. The summed E-state index contributed by atoms with van der Waals surface area (Å²) < 4.78 is 1.86. The molecule has 92 valence electrons. The van der Waals surface area contributed by atoms with E-state index in [9.17, 15) is 0 Å². The van der Waals surface area contributed by atoms with Crippen molar-refractivity contribution in [2.75, 3.05) is 11.5 Å². The molecule has 1 aromatic rings. The molecule has 0 saturated carbocycles. The van der Waals surface area contributed by atoms with Crippen LogP contribution in [0.4, 0.5) is 0 Å². The van der Waals surface area contributed by atoms with E-state index in [1.54, 1.807) is 0 Å². The quantitative estimate of drug-likeness (QED) is 0.854. The highest BCUT2D eigenvalue weighted by atomic mass is 35.5. The van der Waals surface area contributed by atoms with Crippen LogP contribution < -0.4 is 5.73 Å². The molecular formula is C11H20ClN3S. The highest BCUT2D eigenvalue weighted by Gasteiger charge is 2.15. The second kappa shape index (κ2) is 6.52. The molecule has 0 aromatic carbocycles. The van der Waals surface area contributed by atoms with Crippen molar-refractivity contribution >= 4 is 23.4 Å². The van der Waals surface area contributed by atoms with Crippen molar-refractivity contribution in [3.05, 3.63) is 16.4 Å². The summed E-state index contributed by atoms with van der Waals surface area (Å²) in [5.41, 5.74) is 8.08. The molecule has 0 spiro atoms. The molecule has 2 N–H and O–H groups in total. The number of hydrogen-bond donors (Lipinski definition) is 1. The Kier molecular flexibility index (Phi) is 5.66. The zero-order valence-electron chi connectivity index (χ0n) is 10.2. The lowest BCUT2D eigenvalue weighted by Crippen LogP contribution is -2.27. The minimum atomic E-state index is 0.155. The monoisotopic (exact) mass is 261 g/mol. The van der Waals surface area contributed by atoms with E-state index in [1.807, 2.05) is 23.5 Å². The van der Waals surface area contributed by atoms with E-state index in [4.69, 9.17) is 17.3 Å². The first-order chi connectivity index (χ1) is 7.60. The number of halogens is 1. The van der Waals surface area contributed by atoms with Crippen molar-refractivity contribution in [1.29, 1.82) is 0 Å². The SMILES string of the molecule is CCSCC(N)Cc1c(Cl)c(CC)nn1C. The van der Waals surface area contributed by atoms with Gasteiger partial charge >= 0.3 is 0 Å². The summed E-state index contributed by atoms with van der Waals surface area (Å²) in [6, 6.07) is 0.155. The van der Waals surface area contributed by atoms with Gasteiger partial charge in [-0.3, -0.25) is 4.68 Å². The maximum absolute atomic E-state index is 6.26. The molecule has 0 aliphatic rings. The Morgan fingerprint density at radius 2 is 2.19 bits per heavy atom. The molecule has 0 aliphatic heterocycles. The maximum atomic E-state index is 6.26. The van der Waals surface area contributed by atoms with Gasteiger partial charge in [-0.2, -0.15) is 16.9 Å². The maximum Gasteiger partial charge on any atom is 0.0850 e. The van der Waals surface area contributed by atoms with Crippen LogP contribution in [-0.4, -0.2) is 27.3 Å². The molecular weight excluding hydrogens is 242 g/mol. The van der Waals surface area contributed by atoms with E-state index < -0.39 is 0 Å². The van der Waals surface area contributed by atoms with Crippen molar-refractivity contribution in [3.8, 4) is 0 Å². The number of hydrogen-bond acceptors (Lipinski definition) is 3. The predicted octanol–water partition coefficient (Wildman–Crippen LogP) is 2.26. The van der Waals surface area contributed by atoms with Crippen molar-refractivity contribution in [2.24, 2.45) is 12.8 Å². The van der Waals surface area contributed by atoms with Crippen LogP contribution in [0.1, 0.15) is 25.2 Å². The van der Waals surface area contributed by atoms with Crippen LogP contribution in [0, 0.1) is 0 Å². The van der Waals surface area contributed by atoms with Gasteiger partial charge in [0.2, 0.25) is 0 Å². The van der Waals surface area contributed by atoms with Gasteiger partial charge < -0.3 is 5.73 Å². The van der Waals surface area contributed by atoms with E-state index in [0.29, 0.717) is 0 Å². The minimum Gasteiger partial charge on any atom is -0.327 e. The molecule has 1 atom stereocenters. The first kappa shape index (κ1) is 13.9. The largest absolute Gasteiger partial charge is 0.327 e. The number of nitrogens with zero attached hydrogens (tertiary/aromatic N) is 2. The van der Waals surface area contributed by atoms with Crippen LogP contribution in [0.25, 0.3) is 0 Å². The normalized spacial score (nSPS) is 13.1. The van der Waals surface area contributed by atoms with E-state index in [2.05, 4.69) is 18.9 Å². The lowest BCUT2D eigenvalue weighted by molar-refractivity contribution is 0.651. The third kappa shape index (κ3) is 3.40. The molecule has 3 nitrogen and oxygen atoms in total. The summed E-state index contributed by atoms with van der Waals surface area (Å²) >= 11 is 8.12. The molecule has 5 heteroatoms. The Morgan fingerprint density at radius 1 is 1.50 bits per heavy atom. The summed E-state index contributed by atoms with van der Waals surface area (Å²) in [5, 5.41) is 5.18. The van der Waals surface area contributed by atoms with Gasteiger partial charge in [-0.15, -0.1) is 0 Å². The van der Waals surface area contributed by atoms with E-state index in [-0.39, 0.29) is 6.04 Å². The van der Waals surface area contributed by atoms with Crippen LogP contribution in [0.2, 0.25) is 5.02 Å². The zero-order chi connectivity index (χ0) is 12.1. The van der Waals surface area contributed by atoms with E-state index >= 15 is 0 Å². The Morgan fingerprint density at radius 3 is 2.69 bits per heavy atom. The summed E-state index contributed by atoms with van der Waals surface area (Å²) in [6.45, 7) is 4.20.